The van der Waals surface area contributed by atoms with Gasteiger partial charge in [0.05, 0.1) is 16.8 Å². The van der Waals surface area contributed by atoms with E-state index in [4.69, 9.17) is 9.15 Å². The highest BCUT2D eigenvalue weighted by Crippen LogP contribution is 2.30. The molecule has 1 fully saturated rings. The van der Waals surface area contributed by atoms with Crippen molar-refractivity contribution in [3.05, 3.63) is 59.9 Å². The van der Waals surface area contributed by atoms with Crippen molar-refractivity contribution < 1.29 is 22.4 Å². The topological polar surface area (TPSA) is 92.1 Å². The van der Waals surface area contributed by atoms with Crippen molar-refractivity contribution >= 4 is 32.8 Å². The SMILES string of the molecule is Cc1ccccc1S(=O)(=O)Nc1cc(CN2C[C@@H](C)N(C(=O)OC(C)(C)C)C[C@@H]2C)c2occc2c1. The van der Waals surface area contributed by atoms with Gasteiger partial charge in [-0.15, -0.1) is 0 Å². The van der Waals surface area contributed by atoms with Crippen LogP contribution in [-0.2, 0) is 21.3 Å². The van der Waals surface area contributed by atoms with Gasteiger partial charge >= 0.3 is 6.09 Å². The third kappa shape index (κ3) is 5.68. The van der Waals surface area contributed by atoms with Gasteiger partial charge in [-0.3, -0.25) is 9.62 Å². The molecular weight excluding hydrogens is 478 g/mol. The van der Waals surface area contributed by atoms with E-state index in [2.05, 4.69) is 16.5 Å². The van der Waals surface area contributed by atoms with Crippen molar-refractivity contribution in [2.24, 2.45) is 0 Å². The lowest BCUT2D eigenvalue weighted by Crippen LogP contribution is -2.58. The Morgan fingerprint density at radius 3 is 2.53 bits per heavy atom. The van der Waals surface area contributed by atoms with Crippen LogP contribution in [-0.4, -0.2) is 55.1 Å². The normalized spacial score (nSPS) is 19.4. The fourth-order valence-corrected chi connectivity index (χ4v) is 5.90. The molecule has 1 aliphatic rings. The first-order valence-corrected chi connectivity index (χ1v) is 13.6. The van der Waals surface area contributed by atoms with Crippen LogP contribution >= 0.6 is 0 Å². The molecule has 0 radical (unpaired) electrons. The maximum atomic E-state index is 13.1. The number of fused-ring (bicyclic) bond motifs is 1. The first kappa shape index (κ1) is 26.0. The lowest BCUT2D eigenvalue weighted by molar-refractivity contribution is -0.0116. The zero-order chi connectivity index (χ0) is 26.3. The van der Waals surface area contributed by atoms with E-state index in [9.17, 15) is 13.2 Å². The van der Waals surface area contributed by atoms with Crippen LogP contribution in [0.25, 0.3) is 11.0 Å². The van der Waals surface area contributed by atoms with Gasteiger partial charge in [0.1, 0.15) is 11.2 Å². The Bertz CT molecular complexity index is 1360. The first-order chi connectivity index (χ1) is 16.8. The van der Waals surface area contributed by atoms with E-state index < -0.39 is 15.6 Å². The molecule has 4 rings (SSSR count). The molecule has 1 aliphatic heterocycles. The fraction of sp³-hybridized carbons (Fsp3) is 0.444. The maximum absolute atomic E-state index is 13.1. The van der Waals surface area contributed by atoms with E-state index in [1.807, 2.05) is 45.9 Å². The quantitative estimate of drug-likeness (QED) is 0.493. The highest BCUT2D eigenvalue weighted by Gasteiger charge is 2.34. The van der Waals surface area contributed by atoms with Gasteiger partial charge < -0.3 is 14.1 Å². The average molecular weight is 514 g/mol. The number of furan rings is 1. The number of amides is 1. The molecule has 0 bridgehead atoms. The molecular formula is C27H35N3O5S. The number of piperazine rings is 1. The summed E-state index contributed by atoms with van der Waals surface area (Å²) in [7, 11) is -3.75. The minimum Gasteiger partial charge on any atom is -0.464 e. The molecule has 0 aliphatic carbocycles. The van der Waals surface area contributed by atoms with E-state index in [1.54, 1.807) is 42.4 Å². The van der Waals surface area contributed by atoms with Crippen LogP contribution in [0.3, 0.4) is 0 Å². The van der Waals surface area contributed by atoms with Gasteiger partial charge in [0.2, 0.25) is 0 Å². The van der Waals surface area contributed by atoms with Crippen molar-refractivity contribution in [1.29, 1.82) is 0 Å². The number of nitrogens with one attached hydrogen (secondary N) is 1. The monoisotopic (exact) mass is 513 g/mol. The summed E-state index contributed by atoms with van der Waals surface area (Å²) in [5.74, 6) is 0. The molecule has 2 aromatic carbocycles. The third-order valence-electron chi connectivity index (χ3n) is 6.38. The molecule has 1 aromatic heterocycles. The summed E-state index contributed by atoms with van der Waals surface area (Å²) < 4.78 is 40.3. The van der Waals surface area contributed by atoms with Crippen LogP contribution in [0.1, 0.15) is 45.7 Å². The van der Waals surface area contributed by atoms with E-state index in [-0.39, 0.29) is 23.1 Å². The molecule has 3 aromatic rings. The maximum Gasteiger partial charge on any atom is 0.410 e. The number of ether oxygens (including phenoxy) is 1. The number of benzene rings is 2. The zero-order valence-electron chi connectivity index (χ0n) is 21.7. The van der Waals surface area contributed by atoms with Crippen molar-refractivity contribution in [3.8, 4) is 0 Å². The average Bonchev–Trinajstić information content (AvgIpc) is 3.23. The van der Waals surface area contributed by atoms with Crippen molar-refractivity contribution in [1.82, 2.24) is 9.80 Å². The number of sulfonamides is 1. The standard InChI is InChI=1S/C27H35N3O5S/c1-18-9-7-8-10-24(18)36(32,33)28-23-13-21-11-12-34-25(21)22(14-23)17-29-15-20(3)30(16-19(29)2)26(31)35-27(4,5)6/h7-14,19-20,28H,15-17H2,1-6H3/t19-,20+/m0/s1. The lowest BCUT2D eigenvalue weighted by Gasteiger charge is -2.44. The Labute approximate surface area is 213 Å². The van der Waals surface area contributed by atoms with Gasteiger partial charge in [0, 0.05) is 42.7 Å². The first-order valence-electron chi connectivity index (χ1n) is 12.2. The Morgan fingerprint density at radius 2 is 1.83 bits per heavy atom. The van der Waals surface area contributed by atoms with Gasteiger partial charge in [-0.05, 0) is 71.4 Å². The molecule has 2 heterocycles. The second kappa shape index (κ2) is 9.78. The second-order valence-corrected chi connectivity index (χ2v) is 12.3. The van der Waals surface area contributed by atoms with E-state index in [0.29, 0.717) is 30.9 Å². The molecule has 1 amide bonds. The highest BCUT2D eigenvalue weighted by molar-refractivity contribution is 7.92. The summed E-state index contributed by atoms with van der Waals surface area (Å²) in [6.45, 7) is 13.2. The Balaban J connectivity index is 1.56. The lowest BCUT2D eigenvalue weighted by atomic mass is 10.1. The molecule has 36 heavy (non-hydrogen) atoms. The smallest absolute Gasteiger partial charge is 0.410 e. The predicted octanol–water partition coefficient (Wildman–Crippen LogP) is 5.37. The predicted molar refractivity (Wildman–Crippen MR) is 140 cm³/mol. The molecule has 8 nitrogen and oxygen atoms in total. The van der Waals surface area contributed by atoms with Crippen molar-refractivity contribution in [3.63, 3.8) is 0 Å². The van der Waals surface area contributed by atoms with Crippen molar-refractivity contribution in [2.45, 2.75) is 70.7 Å². The Kier molecular flexibility index (Phi) is 7.07. The van der Waals surface area contributed by atoms with Gasteiger partial charge in [-0.1, -0.05) is 18.2 Å². The molecule has 1 saturated heterocycles. The number of carbonyl (C=O) groups excluding carboxylic acids is 1. The molecule has 1 N–H and O–H groups in total. The van der Waals surface area contributed by atoms with Crippen LogP contribution in [0.4, 0.5) is 10.5 Å². The summed E-state index contributed by atoms with van der Waals surface area (Å²) >= 11 is 0. The van der Waals surface area contributed by atoms with Crippen LogP contribution < -0.4 is 4.72 Å². The second-order valence-electron chi connectivity index (χ2n) is 10.6. The van der Waals surface area contributed by atoms with Gasteiger partial charge in [-0.2, -0.15) is 0 Å². The minimum atomic E-state index is -3.75. The van der Waals surface area contributed by atoms with Crippen molar-refractivity contribution in [2.75, 3.05) is 17.8 Å². The summed E-state index contributed by atoms with van der Waals surface area (Å²) in [4.78, 5) is 17.0. The summed E-state index contributed by atoms with van der Waals surface area (Å²) in [5, 5.41) is 0.822. The van der Waals surface area contributed by atoms with Gasteiger partial charge in [0.25, 0.3) is 10.0 Å². The summed E-state index contributed by atoms with van der Waals surface area (Å²) in [5.41, 5.74) is 2.22. The molecule has 2 atom stereocenters. The number of carbonyl (C=O) groups is 1. The van der Waals surface area contributed by atoms with E-state index in [1.165, 1.54) is 0 Å². The summed E-state index contributed by atoms with van der Waals surface area (Å²) in [6.07, 6.45) is 1.31. The molecule has 194 valence electrons. The summed E-state index contributed by atoms with van der Waals surface area (Å²) in [6, 6.07) is 12.4. The molecule has 0 unspecified atom stereocenters. The Morgan fingerprint density at radius 1 is 1.11 bits per heavy atom. The highest BCUT2D eigenvalue weighted by atomic mass is 32.2. The number of rotatable bonds is 5. The number of aryl methyl sites for hydroxylation is 1. The zero-order valence-corrected chi connectivity index (χ0v) is 22.6. The molecule has 0 saturated carbocycles. The number of hydrogen-bond acceptors (Lipinski definition) is 6. The van der Waals surface area contributed by atoms with Crippen LogP contribution in [0, 0.1) is 6.92 Å². The minimum absolute atomic E-state index is 0.0362. The van der Waals surface area contributed by atoms with Gasteiger partial charge in [-0.25, -0.2) is 13.2 Å². The van der Waals surface area contributed by atoms with Crippen LogP contribution in [0.15, 0.2) is 58.0 Å². The van der Waals surface area contributed by atoms with E-state index >= 15 is 0 Å². The largest absolute Gasteiger partial charge is 0.464 e. The molecule has 0 spiro atoms. The number of hydrogen-bond donors (Lipinski definition) is 1. The molecule has 9 heteroatoms. The van der Waals surface area contributed by atoms with Crippen LogP contribution in [0.2, 0.25) is 0 Å². The van der Waals surface area contributed by atoms with Crippen LogP contribution in [0.5, 0.6) is 0 Å². The van der Waals surface area contributed by atoms with Gasteiger partial charge in [0.15, 0.2) is 0 Å². The van der Waals surface area contributed by atoms with E-state index in [0.717, 1.165) is 16.5 Å². The number of nitrogens with zero attached hydrogens (tertiary/aromatic N) is 2. The Hall–Kier alpha value is -3.04. The number of anilines is 1. The third-order valence-corrected chi connectivity index (χ3v) is 7.92. The fourth-order valence-electron chi connectivity index (χ4n) is 4.61.